The normalized spacial score (nSPS) is 14.9. The van der Waals surface area contributed by atoms with E-state index in [1.807, 2.05) is 30.3 Å². The van der Waals surface area contributed by atoms with Crippen molar-refractivity contribution in [2.45, 2.75) is 18.6 Å². The zero-order chi connectivity index (χ0) is 9.68. The Morgan fingerprint density at radius 3 is 2.54 bits per heavy atom. The Kier molecular flexibility index (Phi) is 3.61. The Balaban J connectivity index is 2.54. The number of carbonyl (C=O) groups excluding carboxylic acids is 1. The van der Waals surface area contributed by atoms with Gasteiger partial charge < -0.3 is 10.8 Å². The fourth-order valence-electron chi connectivity index (χ4n) is 1.09. The zero-order valence-corrected chi connectivity index (χ0v) is 7.18. The maximum atomic E-state index is 10.1. The lowest BCUT2D eigenvalue weighted by Crippen LogP contribution is -2.37. The average molecular weight is 178 g/mol. The molecule has 13 heavy (non-hydrogen) atoms. The van der Waals surface area contributed by atoms with Crippen LogP contribution in [0.3, 0.4) is 0 Å². The monoisotopic (exact) mass is 178 g/mol. The first kappa shape index (κ1) is 9.89. The summed E-state index contributed by atoms with van der Waals surface area (Å²) in [6.07, 6.45) is 0.755. The van der Waals surface area contributed by atoms with Crippen LogP contribution in [0.4, 0.5) is 0 Å². The van der Waals surface area contributed by atoms with Crippen molar-refractivity contribution in [3.8, 4) is 0 Å². The first-order valence-corrected chi connectivity index (χ1v) is 4.09. The van der Waals surface area contributed by atoms with Crippen molar-refractivity contribution in [1.29, 1.82) is 0 Å². The molecule has 0 aromatic heterocycles. The van der Waals surface area contributed by atoms with Gasteiger partial charge in [-0.15, -0.1) is 0 Å². The molecule has 0 aliphatic carbocycles. The Morgan fingerprint density at radius 1 is 1.38 bits per heavy atom. The molecule has 2 atom stereocenters. The second-order valence-corrected chi connectivity index (χ2v) is 2.92. The van der Waals surface area contributed by atoms with Crippen molar-refractivity contribution in [3.05, 3.63) is 35.9 Å². The number of hydrogen-bond donors (Lipinski definition) is 2. The lowest BCUT2D eigenvalue weighted by molar-refractivity contribution is 0.203. The first-order chi connectivity index (χ1) is 6.24. The fraction of sp³-hybridized carbons (Fsp3) is 0.300. The van der Waals surface area contributed by atoms with E-state index in [9.17, 15) is 4.79 Å². The molecule has 3 heteroatoms. The van der Waals surface area contributed by atoms with Crippen LogP contribution in [-0.2, 0) is 11.2 Å². The van der Waals surface area contributed by atoms with E-state index in [1.165, 1.54) is 6.29 Å². The number of nitrogens with two attached hydrogens (primary N) is 1. The molecule has 0 unspecified atom stereocenters. The van der Waals surface area contributed by atoms with E-state index >= 15 is 0 Å². The highest BCUT2D eigenvalue weighted by Gasteiger charge is 2.14. The highest BCUT2D eigenvalue weighted by molar-refractivity contribution is 5.57. The van der Waals surface area contributed by atoms with Crippen molar-refractivity contribution in [1.82, 2.24) is 0 Å². The molecule has 0 spiro atoms. The Hall–Kier alpha value is -1.19. The summed E-state index contributed by atoms with van der Waals surface area (Å²) in [5.41, 5.74) is 6.55. The van der Waals surface area contributed by atoms with Gasteiger partial charge in [-0.3, -0.25) is 4.79 Å². The molecule has 0 saturated heterocycles. The molecule has 0 saturated carbocycles. The van der Waals surface area contributed by atoms with Crippen LogP contribution >= 0.6 is 0 Å². The molecule has 0 aliphatic heterocycles. The fourth-order valence-corrected chi connectivity index (χ4v) is 1.09. The van der Waals surface area contributed by atoms with Gasteiger partial charge in [0.1, 0.15) is 6.10 Å². The number of rotatable bonds is 4. The van der Waals surface area contributed by atoms with E-state index in [0.717, 1.165) is 5.56 Å². The Morgan fingerprint density at radius 2 is 2.00 bits per heavy atom. The molecular weight excluding hydrogens is 166 g/mol. The third kappa shape index (κ3) is 2.97. The van der Waals surface area contributed by atoms with E-state index in [4.69, 9.17) is 10.8 Å². The Labute approximate surface area is 77.2 Å². The van der Waals surface area contributed by atoms with Gasteiger partial charge in [0.25, 0.3) is 0 Å². The third-order valence-electron chi connectivity index (χ3n) is 1.84. The standard InChI is InChI=1S/C10H12NO2/c11-9(10(13)7-12)6-8-4-2-1-3-5-8/h1-5,9-10,13H,6,11H2/t9-,10-/m1/s1. The summed E-state index contributed by atoms with van der Waals surface area (Å²) < 4.78 is 0. The molecule has 0 fully saturated rings. The topological polar surface area (TPSA) is 63.3 Å². The minimum Gasteiger partial charge on any atom is -0.383 e. The smallest absolute Gasteiger partial charge is 0.231 e. The van der Waals surface area contributed by atoms with Gasteiger partial charge in [-0.05, 0) is 12.0 Å². The molecule has 1 rings (SSSR count). The molecule has 0 amide bonds. The summed E-state index contributed by atoms with van der Waals surface area (Å²) in [5.74, 6) is 0. The van der Waals surface area contributed by atoms with Crippen molar-refractivity contribution < 1.29 is 9.90 Å². The molecule has 1 aromatic carbocycles. The van der Waals surface area contributed by atoms with Gasteiger partial charge >= 0.3 is 0 Å². The lowest BCUT2D eigenvalue weighted by atomic mass is 10.0. The molecule has 0 heterocycles. The molecule has 0 bridgehead atoms. The van der Waals surface area contributed by atoms with E-state index in [-0.39, 0.29) is 0 Å². The summed E-state index contributed by atoms with van der Waals surface area (Å²) in [4.78, 5) is 10.1. The van der Waals surface area contributed by atoms with Crippen molar-refractivity contribution in [2.24, 2.45) is 5.73 Å². The third-order valence-corrected chi connectivity index (χ3v) is 1.84. The number of aliphatic hydroxyl groups excluding tert-OH is 1. The summed E-state index contributed by atoms with van der Waals surface area (Å²) in [5, 5.41) is 9.04. The van der Waals surface area contributed by atoms with Gasteiger partial charge in [0.15, 0.2) is 0 Å². The second-order valence-electron chi connectivity index (χ2n) is 2.92. The van der Waals surface area contributed by atoms with Crippen LogP contribution in [0.15, 0.2) is 30.3 Å². The van der Waals surface area contributed by atoms with Crippen molar-refractivity contribution in [2.75, 3.05) is 0 Å². The van der Waals surface area contributed by atoms with Crippen LogP contribution in [0.2, 0.25) is 0 Å². The van der Waals surface area contributed by atoms with Gasteiger partial charge in [0.2, 0.25) is 6.29 Å². The highest BCUT2D eigenvalue weighted by Crippen LogP contribution is 2.03. The first-order valence-electron chi connectivity index (χ1n) is 4.09. The Bertz CT molecular complexity index is 261. The molecule has 0 aliphatic rings. The predicted molar refractivity (Wildman–Crippen MR) is 49.8 cm³/mol. The van der Waals surface area contributed by atoms with Crippen molar-refractivity contribution >= 4 is 6.29 Å². The van der Waals surface area contributed by atoms with E-state index in [1.54, 1.807) is 0 Å². The van der Waals surface area contributed by atoms with Crippen LogP contribution in [0, 0.1) is 0 Å². The van der Waals surface area contributed by atoms with Crippen LogP contribution in [0.1, 0.15) is 5.56 Å². The molecule has 69 valence electrons. The minimum atomic E-state index is -1.19. The highest BCUT2D eigenvalue weighted by atomic mass is 16.3. The van der Waals surface area contributed by atoms with Gasteiger partial charge in [-0.2, -0.15) is 0 Å². The van der Waals surface area contributed by atoms with Gasteiger partial charge in [-0.25, -0.2) is 0 Å². The summed E-state index contributed by atoms with van der Waals surface area (Å²) in [6.45, 7) is 0. The van der Waals surface area contributed by atoms with Crippen LogP contribution in [-0.4, -0.2) is 23.5 Å². The predicted octanol–water partition coefficient (Wildman–Crippen LogP) is 0.0270. The zero-order valence-electron chi connectivity index (χ0n) is 7.18. The maximum absolute atomic E-state index is 10.1. The lowest BCUT2D eigenvalue weighted by Gasteiger charge is -2.12. The van der Waals surface area contributed by atoms with Crippen molar-refractivity contribution in [3.63, 3.8) is 0 Å². The van der Waals surface area contributed by atoms with Gasteiger partial charge in [-0.1, -0.05) is 30.3 Å². The van der Waals surface area contributed by atoms with E-state index in [2.05, 4.69) is 0 Å². The molecule has 1 aromatic rings. The summed E-state index contributed by atoms with van der Waals surface area (Å²) in [7, 11) is 0. The number of benzene rings is 1. The largest absolute Gasteiger partial charge is 0.383 e. The summed E-state index contributed by atoms with van der Waals surface area (Å²) >= 11 is 0. The number of aliphatic hydroxyl groups is 1. The minimum absolute atomic E-state index is 0.483. The quantitative estimate of drug-likeness (QED) is 0.683. The average Bonchev–Trinajstić information content (AvgIpc) is 2.18. The number of hydrogen-bond acceptors (Lipinski definition) is 3. The second kappa shape index (κ2) is 4.74. The molecule has 3 nitrogen and oxygen atoms in total. The van der Waals surface area contributed by atoms with Crippen LogP contribution < -0.4 is 5.73 Å². The van der Waals surface area contributed by atoms with Gasteiger partial charge in [0.05, 0.1) is 0 Å². The molecule has 1 radical (unpaired) electrons. The van der Waals surface area contributed by atoms with Gasteiger partial charge in [0, 0.05) is 6.04 Å². The van der Waals surface area contributed by atoms with Crippen LogP contribution in [0.25, 0.3) is 0 Å². The molecular formula is C10H12NO2. The maximum Gasteiger partial charge on any atom is 0.231 e. The van der Waals surface area contributed by atoms with E-state index in [0.29, 0.717) is 6.42 Å². The molecule has 3 N–H and O–H groups in total. The van der Waals surface area contributed by atoms with E-state index < -0.39 is 12.1 Å². The SMILES string of the molecule is N[C@H](Cc1ccccc1)[C@H](O)[C]=O. The van der Waals surface area contributed by atoms with Crippen LogP contribution in [0.5, 0.6) is 0 Å². The summed E-state index contributed by atoms with van der Waals surface area (Å²) in [6, 6.07) is 8.91.